The van der Waals surface area contributed by atoms with Gasteiger partial charge in [-0.15, -0.1) is 0 Å². The first-order chi connectivity index (χ1) is 17.0. The number of aryl methyl sites for hydroxylation is 1. The molecule has 0 amide bonds. The quantitative estimate of drug-likeness (QED) is 0.358. The average molecular weight is 479 g/mol. The van der Waals surface area contributed by atoms with Crippen LogP contribution in [0.5, 0.6) is 5.75 Å². The number of aliphatic carboxylic acids is 1. The van der Waals surface area contributed by atoms with Gasteiger partial charge in [0, 0.05) is 31.8 Å². The van der Waals surface area contributed by atoms with Gasteiger partial charge in [0.15, 0.2) is 6.10 Å². The second-order valence-corrected chi connectivity index (χ2v) is 7.59. The van der Waals surface area contributed by atoms with Crippen LogP contribution in [0.15, 0.2) is 72.0 Å². The van der Waals surface area contributed by atoms with Crippen molar-refractivity contribution in [2.75, 3.05) is 13.2 Å². The number of carboxylic acid groups (broad SMARTS) is 1. The molecule has 2 aromatic carbocycles. The van der Waals surface area contributed by atoms with Gasteiger partial charge >= 0.3 is 5.97 Å². The van der Waals surface area contributed by atoms with E-state index in [0.717, 1.165) is 11.4 Å². The van der Waals surface area contributed by atoms with Gasteiger partial charge in [-0.2, -0.15) is 0 Å². The molecule has 0 spiro atoms. The van der Waals surface area contributed by atoms with E-state index in [-0.39, 0.29) is 5.56 Å². The van der Waals surface area contributed by atoms with Crippen molar-refractivity contribution in [2.45, 2.75) is 39.3 Å². The second kappa shape index (κ2) is 13.0. The smallest absolute Gasteiger partial charge is 0.333 e. The summed E-state index contributed by atoms with van der Waals surface area (Å²) in [7, 11) is 0. The van der Waals surface area contributed by atoms with Crippen molar-refractivity contribution in [1.82, 2.24) is 19.5 Å². The first-order valence-electron chi connectivity index (χ1n) is 11.5. The molecular formula is C26H30N4O5. The van der Waals surface area contributed by atoms with Gasteiger partial charge in [0.2, 0.25) is 0 Å². The maximum atomic E-state index is 12.8. The largest absolute Gasteiger partial charge is 0.492 e. The molecule has 0 aliphatic rings. The number of hydrogen-bond donors (Lipinski definition) is 2. The van der Waals surface area contributed by atoms with Gasteiger partial charge in [0.25, 0.3) is 5.56 Å². The molecule has 0 aliphatic carbocycles. The van der Waals surface area contributed by atoms with Crippen LogP contribution in [-0.4, -0.2) is 49.9 Å². The molecule has 2 aromatic heterocycles. The van der Waals surface area contributed by atoms with Gasteiger partial charge in [-0.25, -0.2) is 14.8 Å². The Hall–Kier alpha value is -3.98. The van der Waals surface area contributed by atoms with Crippen molar-refractivity contribution in [3.8, 4) is 5.75 Å². The molecule has 1 atom stereocenters. The Kier molecular flexibility index (Phi) is 9.56. The Bertz CT molecular complexity index is 1240. The van der Waals surface area contributed by atoms with Crippen LogP contribution in [0.4, 0.5) is 0 Å². The lowest BCUT2D eigenvalue weighted by atomic mass is 10.1. The summed E-state index contributed by atoms with van der Waals surface area (Å²) in [4.78, 5) is 35.0. The zero-order chi connectivity index (χ0) is 25.0. The molecule has 0 saturated carbocycles. The minimum absolute atomic E-state index is 0.0629. The third-order valence-corrected chi connectivity index (χ3v) is 5.23. The molecule has 4 aromatic rings. The molecule has 0 fully saturated rings. The van der Waals surface area contributed by atoms with Crippen LogP contribution in [0, 0.1) is 0 Å². The summed E-state index contributed by atoms with van der Waals surface area (Å²) < 4.78 is 12.7. The first-order valence-corrected chi connectivity index (χ1v) is 11.5. The minimum Gasteiger partial charge on any atom is -0.492 e. The van der Waals surface area contributed by atoms with Crippen molar-refractivity contribution < 1.29 is 19.4 Å². The van der Waals surface area contributed by atoms with Crippen LogP contribution < -0.4 is 10.3 Å². The highest BCUT2D eigenvalue weighted by Gasteiger charge is 2.17. The number of H-pyrrole nitrogens is 1. The molecule has 9 nitrogen and oxygen atoms in total. The molecule has 0 bridgehead atoms. The van der Waals surface area contributed by atoms with Crippen molar-refractivity contribution in [3.05, 3.63) is 89.0 Å². The predicted molar refractivity (Wildman–Crippen MR) is 133 cm³/mol. The lowest BCUT2D eigenvalue weighted by Gasteiger charge is -2.14. The molecule has 9 heteroatoms. The topological polar surface area (TPSA) is 119 Å². The Balaban J connectivity index is 0.000000607. The lowest BCUT2D eigenvalue weighted by molar-refractivity contribution is -0.149. The lowest BCUT2D eigenvalue weighted by Crippen LogP contribution is -2.27. The number of ether oxygens (including phenoxy) is 2. The van der Waals surface area contributed by atoms with Crippen molar-refractivity contribution >= 4 is 16.9 Å². The summed E-state index contributed by atoms with van der Waals surface area (Å²) in [6.45, 7) is 4.81. The molecule has 4 rings (SSSR count). The second-order valence-electron chi connectivity index (χ2n) is 7.59. The summed E-state index contributed by atoms with van der Waals surface area (Å²) in [5, 5.41) is 9.79. The fraction of sp³-hybridized carbons (Fsp3) is 0.308. The fourth-order valence-electron chi connectivity index (χ4n) is 3.54. The van der Waals surface area contributed by atoms with E-state index < -0.39 is 12.1 Å². The maximum absolute atomic E-state index is 12.8. The number of fused-ring (bicyclic) bond motifs is 1. The van der Waals surface area contributed by atoms with Gasteiger partial charge in [-0.05, 0) is 36.8 Å². The predicted octanol–water partition coefficient (Wildman–Crippen LogP) is 3.48. The Morgan fingerprint density at radius 2 is 1.91 bits per heavy atom. The Labute approximate surface area is 203 Å². The third-order valence-electron chi connectivity index (χ3n) is 5.23. The molecule has 2 heterocycles. The molecule has 2 N–H and O–H groups in total. The van der Waals surface area contributed by atoms with E-state index in [4.69, 9.17) is 9.47 Å². The van der Waals surface area contributed by atoms with Crippen LogP contribution in [0.3, 0.4) is 0 Å². The summed E-state index contributed by atoms with van der Waals surface area (Å²) in [6.07, 6.45) is 5.17. The first kappa shape index (κ1) is 25.6. The van der Waals surface area contributed by atoms with E-state index in [9.17, 15) is 14.7 Å². The number of para-hydroxylation sites is 1. The number of hydrogen-bond acceptors (Lipinski definition) is 6. The average Bonchev–Trinajstić information content (AvgIpc) is 3.46. The number of aromatic amines is 1. The molecule has 0 aliphatic heterocycles. The van der Waals surface area contributed by atoms with Crippen LogP contribution in [0.2, 0.25) is 0 Å². The number of nitrogens with zero attached hydrogens (tertiary/aromatic N) is 3. The number of rotatable bonds is 10. The normalized spacial score (nSPS) is 11.5. The van der Waals surface area contributed by atoms with Crippen LogP contribution in [-0.2, 0) is 28.9 Å². The number of carboxylic acids is 1. The van der Waals surface area contributed by atoms with E-state index in [1.807, 2.05) is 37.3 Å². The van der Waals surface area contributed by atoms with E-state index in [0.29, 0.717) is 49.3 Å². The zero-order valence-corrected chi connectivity index (χ0v) is 19.9. The van der Waals surface area contributed by atoms with Crippen LogP contribution >= 0.6 is 0 Å². The van der Waals surface area contributed by atoms with Crippen LogP contribution in [0.1, 0.15) is 25.2 Å². The number of benzene rings is 2. The van der Waals surface area contributed by atoms with Crippen molar-refractivity contribution in [3.63, 3.8) is 0 Å². The third kappa shape index (κ3) is 7.25. The number of nitrogens with one attached hydrogen (secondary N) is 1. The fourth-order valence-corrected chi connectivity index (χ4v) is 3.54. The number of aromatic nitrogens is 4. The summed E-state index contributed by atoms with van der Waals surface area (Å²) >= 11 is 0. The molecule has 35 heavy (non-hydrogen) atoms. The molecule has 1 unspecified atom stereocenters. The van der Waals surface area contributed by atoms with E-state index in [2.05, 4.69) is 15.0 Å². The van der Waals surface area contributed by atoms with Gasteiger partial charge in [-0.3, -0.25) is 9.36 Å². The van der Waals surface area contributed by atoms with Gasteiger partial charge < -0.3 is 19.6 Å². The monoisotopic (exact) mass is 478 g/mol. The number of carbonyl (C=O) groups is 1. The van der Waals surface area contributed by atoms with E-state index in [1.54, 1.807) is 48.4 Å². The van der Waals surface area contributed by atoms with Crippen molar-refractivity contribution in [2.24, 2.45) is 0 Å². The highest BCUT2D eigenvalue weighted by molar-refractivity contribution is 5.77. The Morgan fingerprint density at radius 3 is 2.51 bits per heavy atom. The summed E-state index contributed by atoms with van der Waals surface area (Å²) in [6, 6.07) is 14.6. The standard InChI is InChI=1S/C23H26N2O5.C3H4N2/c1-3-21-24-19-8-6-5-7-18(19)22(26)25(21)13-14-30-17-11-9-16(10-12-17)15-20(23(27)28)29-4-2;1-2-5-3-4-1/h5-12,20H,3-4,13-15H2,1-2H3,(H,27,28);1-3H,(H,4,5). The molecular weight excluding hydrogens is 448 g/mol. The summed E-state index contributed by atoms with van der Waals surface area (Å²) in [5.74, 6) is 0.411. The van der Waals surface area contributed by atoms with Gasteiger partial charge in [-0.1, -0.05) is 31.2 Å². The van der Waals surface area contributed by atoms with Gasteiger partial charge in [0.05, 0.1) is 23.8 Å². The Morgan fingerprint density at radius 1 is 1.14 bits per heavy atom. The number of imidazole rings is 1. The maximum Gasteiger partial charge on any atom is 0.333 e. The summed E-state index contributed by atoms with van der Waals surface area (Å²) in [5.41, 5.74) is 1.50. The minimum atomic E-state index is -0.974. The van der Waals surface area contributed by atoms with Crippen LogP contribution in [0.25, 0.3) is 10.9 Å². The van der Waals surface area contributed by atoms with Crippen molar-refractivity contribution in [1.29, 1.82) is 0 Å². The SMILES string of the molecule is CCOC(Cc1ccc(OCCn2c(CC)nc3ccccc3c2=O)cc1)C(=O)O.c1c[nH]cn1. The van der Waals surface area contributed by atoms with E-state index >= 15 is 0 Å². The highest BCUT2D eigenvalue weighted by Crippen LogP contribution is 2.15. The van der Waals surface area contributed by atoms with E-state index in [1.165, 1.54) is 0 Å². The zero-order valence-electron chi connectivity index (χ0n) is 19.9. The molecule has 184 valence electrons. The molecule has 0 saturated heterocycles. The highest BCUT2D eigenvalue weighted by atomic mass is 16.5. The van der Waals surface area contributed by atoms with Gasteiger partial charge in [0.1, 0.15) is 18.2 Å². The molecule has 0 radical (unpaired) electrons.